The first-order valence-corrected chi connectivity index (χ1v) is 5.12. The number of benzene rings is 1. The molecule has 7 heteroatoms. The molecule has 4 nitrogen and oxygen atoms in total. The second-order valence-corrected chi connectivity index (χ2v) is 3.74. The fraction of sp³-hybridized carbons (Fsp3) is 0.0909. The molecule has 0 fully saturated rings. The number of aromatic nitrogens is 4. The zero-order valence-electron chi connectivity index (χ0n) is 8.94. The molecule has 0 saturated carbocycles. The molecule has 2 heterocycles. The van der Waals surface area contributed by atoms with Crippen LogP contribution in [0.2, 0.25) is 0 Å². The first-order valence-electron chi connectivity index (χ1n) is 5.12. The number of fused-ring (bicyclic) bond motifs is 1. The average Bonchev–Trinajstić information content (AvgIpc) is 2.94. The molecule has 0 saturated heterocycles. The molecule has 1 N–H and O–H groups in total. The molecule has 92 valence electrons. The molecule has 1 aromatic carbocycles. The Hall–Kier alpha value is -2.31. The van der Waals surface area contributed by atoms with Crippen LogP contribution in [0.5, 0.6) is 0 Å². The van der Waals surface area contributed by atoms with Gasteiger partial charge < -0.3 is 0 Å². The zero-order valence-corrected chi connectivity index (χ0v) is 8.94. The van der Waals surface area contributed by atoms with Gasteiger partial charge in [0.05, 0.1) is 5.52 Å². The Morgan fingerprint density at radius 1 is 1.11 bits per heavy atom. The van der Waals surface area contributed by atoms with Crippen LogP contribution in [0, 0.1) is 0 Å². The van der Waals surface area contributed by atoms with E-state index in [2.05, 4.69) is 15.3 Å². The van der Waals surface area contributed by atoms with Gasteiger partial charge in [-0.15, -0.1) is 0 Å². The Morgan fingerprint density at radius 3 is 2.61 bits per heavy atom. The monoisotopic (exact) mass is 252 g/mol. The molecule has 2 aromatic heterocycles. The molecule has 0 atom stereocenters. The number of H-pyrrole nitrogens is 1. The lowest BCUT2D eigenvalue weighted by Crippen LogP contribution is -2.07. The van der Waals surface area contributed by atoms with Crippen molar-refractivity contribution in [1.82, 2.24) is 20.0 Å². The van der Waals surface area contributed by atoms with E-state index in [1.807, 2.05) is 6.07 Å². The average molecular weight is 252 g/mol. The maximum atomic E-state index is 12.5. The topological polar surface area (TPSA) is 46.5 Å². The van der Waals surface area contributed by atoms with E-state index in [9.17, 15) is 13.2 Å². The van der Waals surface area contributed by atoms with Gasteiger partial charge in [-0.1, -0.05) is 12.1 Å². The molecule has 0 radical (unpaired) electrons. The van der Waals surface area contributed by atoms with Gasteiger partial charge >= 0.3 is 6.18 Å². The fourth-order valence-corrected chi connectivity index (χ4v) is 1.72. The normalized spacial score (nSPS) is 12.2. The van der Waals surface area contributed by atoms with Crippen LogP contribution < -0.4 is 0 Å². The van der Waals surface area contributed by atoms with Crippen LogP contribution >= 0.6 is 0 Å². The van der Waals surface area contributed by atoms with E-state index in [0.717, 1.165) is 16.3 Å². The van der Waals surface area contributed by atoms with Crippen LogP contribution in [0.25, 0.3) is 16.7 Å². The Balaban J connectivity index is 2.13. The molecule has 0 bridgehead atoms. The van der Waals surface area contributed by atoms with Crippen LogP contribution in [0.1, 0.15) is 5.69 Å². The standard InChI is InChI=1S/C11H7F3N4/c12-11(13,14)9-5-6-18(17-9)10-7-3-1-2-4-8(7)15-16-10/h1-6H,(H,15,16). The number of hydrogen-bond donors (Lipinski definition) is 1. The van der Waals surface area contributed by atoms with Gasteiger partial charge in [0.2, 0.25) is 0 Å². The van der Waals surface area contributed by atoms with Gasteiger partial charge in [-0.3, -0.25) is 5.10 Å². The molecular weight excluding hydrogens is 245 g/mol. The maximum Gasteiger partial charge on any atom is 0.435 e. The lowest BCUT2D eigenvalue weighted by atomic mass is 10.2. The summed E-state index contributed by atoms with van der Waals surface area (Å²) in [6.45, 7) is 0. The summed E-state index contributed by atoms with van der Waals surface area (Å²) in [6.07, 6.45) is -3.21. The highest BCUT2D eigenvalue weighted by atomic mass is 19.4. The highest BCUT2D eigenvalue weighted by molar-refractivity contribution is 5.85. The van der Waals surface area contributed by atoms with E-state index in [4.69, 9.17) is 0 Å². The largest absolute Gasteiger partial charge is 0.435 e. The molecular formula is C11H7F3N4. The van der Waals surface area contributed by atoms with Crippen molar-refractivity contribution in [2.45, 2.75) is 6.18 Å². The number of nitrogens with one attached hydrogen (secondary N) is 1. The number of para-hydroxylation sites is 1. The van der Waals surface area contributed by atoms with Crippen molar-refractivity contribution in [1.29, 1.82) is 0 Å². The molecule has 3 aromatic rings. The van der Waals surface area contributed by atoms with Crippen LogP contribution in [-0.2, 0) is 6.18 Å². The minimum atomic E-state index is -4.45. The quantitative estimate of drug-likeness (QED) is 0.723. The fourth-order valence-electron chi connectivity index (χ4n) is 1.72. The predicted molar refractivity (Wildman–Crippen MR) is 58.2 cm³/mol. The van der Waals surface area contributed by atoms with Crippen LogP contribution in [0.4, 0.5) is 13.2 Å². The molecule has 18 heavy (non-hydrogen) atoms. The van der Waals surface area contributed by atoms with Crippen molar-refractivity contribution in [3.05, 3.63) is 42.2 Å². The van der Waals surface area contributed by atoms with Crippen molar-refractivity contribution in [3.8, 4) is 5.82 Å². The van der Waals surface area contributed by atoms with E-state index < -0.39 is 11.9 Å². The van der Waals surface area contributed by atoms with E-state index in [-0.39, 0.29) is 0 Å². The second-order valence-electron chi connectivity index (χ2n) is 3.74. The molecule has 0 unspecified atom stereocenters. The molecule has 0 aliphatic carbocycles. The highest BCUT2D eigenvalue weighted by Crippen LogP contribution is 2.28. The second kappa shape index (κ2) is 3.59. The molecule has 0 aliphatic rings. The number of aromatic amines is 1. The van der Waals surface area contributed by atoms with E-state index in [0.29, 0.717) is 11.2 Å². The number of rotatable bonds is 1. The molecule has 0 aliphatic heterocycles. The van der Waals surface area contributed by atoms with Gasteiger partial charge in [0.1, 0.15) is 0 Å². The third-order valence-corrected chi connectivity index (χ3v) is 2.55. The summed E-state index contributed by atoms with van der Waals surface area (Å²) in [5.74, 6) is 0.348. The third-order valence-electron chi connectivity index (χ3n) is 2.55. The van der Waals surface area contributed by atoms with Gasteiger partial charge in [0, 0.05) is 11.6 Å². The number of alkyl halides is 3. The van der Waals surface area contributed by atoms with Crippen molar-refractivity contribution < 1.29 is 13.2 Å². The van der Waals surface area contributed by atoms with Crippen molar-refractivity contribution in [2.24, 2.45) is 0 Å². The summed E-state index contributed by atoms with van der Waals surface area (Å²) in [5, 5.41) is 10.9. The van der Waals surface area contributed by atoms with Gasteiger partial charge in [0.25, 0.3) is 0 Å². The van der Waals surface area contributed by atoms with Crippen molar-refractivity contribution >= 4 is 10.9 Å². The number of nitrogens with zero attached hydrogens (tertiary/aromatic N) is 3. The Kier molecular flexibility index (Phi) is 2.16. The van der Waals surface area contributed by atoms with Gasteiger partial charge in [-0.25, -0.2) is 4.68 Å². The zero-order chi connectivity index (χ0) is 12.8. The van der Waals surface area contributed by atoms with Crippen molar-refractivity contribution in [2.75, 3.05) is 0 Å². The lowest BCUT2D eigenvalue weighted by molar-refractivity contribution is -0.141. The minimum Gasteiger partial charge on any atom is -0.276 e. The smallest absolute Gasteiger partial charge is 0.276 e. The summed E-state index contributed by atoms with van der Waals surface area (Å²) in [7, 11) is 0. The summed E-state index contributed by atoms with van der Waals surface area (Å²) < 4.78 is 38.5. The van der Waals surface area contributed by atoms with Crippen LogP contribution in [0.15, 0.2) is 36.5 Å². The Morgan fingerprint density at radius 2 is 1.89 bits per heavy atom. The van der Waals surface area contributed by atoms with Gasteiger partial charge in [-0.05, 0) is 18.2 Å². The maximum absolute atomic E-state index is 12.5. The minimum absolute atomic E-state index is 0.348. The van der Waals surface area contributed by atoms with Crippen molar-refractivity contribution in [3.63, 3.8) is 0 Å². The summed E-state index contributed by atoms with van der Waals surface area (Å²) in [4.78, 5) is 0. The lowest BCUT2D eigenvalue weighted by Gasteiger charge is -2.00. The van der Waals surface area contributed by atoms with E-state index >= 15 is 0 Å². The number of hydrogen-bond acceptors (Lipinski definition) is 2. The molecule has 0 spiro atoms. The van der Waals surface area contributed by atoms with Crippen LogP contribution in [-0.4, -0.2) is 20.0 Å². The first kappa shape index (κ1) is 10.8. The van der Waals surface area contributed by atoms with Crippen LogP contribution in [0.3, 0.4) is 0 Å². The first-order chi connectivity index (χ1) is 8.55. The van der Waals surface area contributed by atoms with Gasteiger partial charge in [-0.2, -0.15) is 23.4 Å². The Labute approximate surface area is 99.0 Å². The predicted octanol–water partition coefficient (Wildman–Crippen LogP) is 2.77. The van der Waals surface area contributed by atoms with E-state index in [1.165, 1.54) is 6.20 Å². The summed E-state index contributed by atoms with van der Waals surface area (Å²) in [5.41, 5.74) is -0.189. The summed E-state index contributed by atoms with van der Waals surface area (Å²) >= 11 is 0. The van der Waals surface area contributed by atoms with Gasteiger partial charge in [0.15, 0.2) is 11.5 Å². The van der Waals surface area contributed by atoms with E-state index in [1.54, 1.807) is 18.2 Å². The highest BCUT2D eigenvalue weighted by Gasteiger charge is 2.33. The SMILES string of the molecule is FC(F)(F)c1ccn(-c2n[nH]c3ccccc23)n1. The summed E-state index contributed by atoms with van der Waals surface area (Å²) in [6, 6.07) is 8.08. The molecule has 0 amide bonds. The third kappa shape index (κ3) is 1.64. The molecule has 3 rings (SSSR count). The Bertz CT molecular complexity index is 695. The number of halogens is 3.